The Balaban J connectivity index is 2.43. The molecule has 10 heteroatoms. The minimum Gasteiger partial charge on any atom is -0.481 e. The van der Waals surface area contributed by atoms with Crippen molar-refractivity contribution in [3.63, 3.8) is 0 Å². The Kier molecular flexibility index (Phi) is 8.80. The van der Waals surface area contributed by atoms with Crippen LogP contribution in [0.25, 0.3) is 11.8 Å². The number of hydrogen-bond acceptors (Lipinski definition) is 8. The van der Waals surface area contributed by atoms with E-state index in [9.17, 15) is 9.90 Å². The molecule has 1 aromatic carbocycles. The normalized spacial score (nSPS) is 11.8. The molecule has 0 aliphatic carbocycles. The molecule has 0 spiro atoms. The lowest BCUT2D eigenvalue weighted by Gasteiger charge is -2.29. The van der Waals surface area contributed by atoms with Crippen LogP contribution in [0.2, 0.25) is 5.02 Å². The third-order valence-electron chi connectivity index (χ3n) is 4.80. The predicted octanol–water partition coefficient (Wildman–Crippen LogP) is 4.26. The van der Waals surface area contributed by atoms with Gasteiger partial charge in [-0.1, -0.05) is 43.0 Å². The van der Waals surface area contributed by atoms with Gasteiger partial charge in [0.05, 0.1) is 28.5 Å². The molecule has 0 aliphatic heterocycles. The fourth-order valence-corrected chi connectivity index (χ4v) is 3.25. The SMILES string of the molecule is C=Cc1c(C(=C)N=C(ON)c2cnc(OC(C)C)c(Cl)c2)cccc1N(N)CC(C)(C)C(=O)O. The van der Waals surface area contributed by atoms with Crippen molar-refractivity contribution in [2.75, 3.05) is 11.6 Å². The Morgan fingerprint density at radius 2 is 2.09 bits per heavy atom. The van der Waals surface area contributed by atoms with Crippen LogP contribution in [0, 0.1) is 5.41 Å². The molecule has 0 aliphatic rings. The minimum atomic E-state index is -1.07. The highest BCUT2D eigenvalue weighted by molar-refractivity contribution is 6.32. The number of carbonyl (C=O) groups is 1. The van der Waals surface area contributed by atoms with E-state index in [1.807, 2.05) is 13.8 Å². The van der Waals surface area contributed by atoms with Gasteiger partial charge in [0.1, 0.15) is 5.02 Å². The highest BCUT2D eigenvalue weighted by Crippen LogP contribution is 2.31. The number of hydrogen-bond donors (Lipinski definition) is 3. The summed E-state index contributed by atoms with van der Waals surface area (Å²) in [5.41, 5.74) is 1.44. The van der Waals surface area contributed by atoms with Crippen LogP contribution < -0.4 is 21.5 Å². The van der Waals surface area contributed by atoms with E-state index in [4.69, 9.17) is 32.9 Å². The molecule has 1 heterocycles. The molecule has 0 saturated carbocycles. The molecule has 0 saturated heterocycles. The van der Waals surface area contributed by atoms with Crippen LogP contribution in [-0.2, 0) is 9.63 Å². The van der Waals surface area contributed by atoms with E-state index in [2.05, 4.69) is 23.1 Å². The lowest BCUT2D eigenvalue weighted by molar-refractivity contribution is -0.146. The maximum Gasteiger partial charge on any atom is 0.310 e. The number of ether oxygens (including phenoxy) is 1. The Morgan fingerprint density at radius 3 is 2.62 bits per heavy atom. The summed E-state index contributed by atoms with van der Waals surface area (Å²) in [5.74, 6) is 11.0. The van der Waals surface area contributed by atoms with E-state index < -0.39 is 11.4 Å². The number of anilines is 1. The molecular weight excluding hydrogens is 458 g/mol. The standard InChI is InChI=1S/C24H30ClN5O4/c1-7-17-18(9-8-10-20(17)30(26)13-24(5,6)23(31)32)15(4)29-21(34-27)16-11-19(25)22(28-12-16)33-14(2)3/h7-12,14H,1,4,13,26-27H2,2-3,5-6H3,(H,31,32). The van der Waals surface area contributed by atoms with Crippen molar-refractivity contribution < 1.29 is 19.5 Å². The summed E-state index contributed by atoms with van der Waals surface area (Å²) in [7, 11) is 0. The number of aliphatic imine (C=N–C) groups is 1. The van der Waals surface area contributed by atoms with Gasteiger partial charge in [0.2, 0.25) is 11.8 Å². The molecule has 0 amide bonds. The third kappa shape index (κ3) is 6.34. The molecule has 182 valence electrons. The van der Waals surface area contributed by atoms with Crippen molar-refractivity contribution >= 4 is 40.9 Å². The maximum absolute atomic E-state index is 11.5. The first-order valence-electron chi connectivity index (χ1n) is 10.4. The van der Waals surface area contributed by atoms with Gasteiger partial charge < -0.3 is 19.7 Å². The van der Waals surface area contributed by atoms with Crippen molar-refractivity contribution in [2.24, 2.45) is 22.1 Å². The number of hydrazine groups is 1. The van der Waals surface area contributed by atoms with Crippen LogP contribution in [0.5, 0.6) is 5.88 Å². The van der Waals surface area contributed by atoms with Crippen LogP contribution in [-0.4, -0.2) is 34.6 Å². The molecule has 34 heavy (non-hydrogen) atoms. The van der Waals surface area contributed by atoms with Gasteiger partial charge in [0, 0.05) is 23.9 Å². The molecule has 2 aromatic rings. The van der Waals surface area contributed by atoms with Gasteiger partial charge in [0.15, 0.2) is 0 Å². The first-order valence-corrected chi connectivity index (χ1v) is 10.8. The Bertz CT molecular complexity index is 1110. The summed E-state index contributed by atoms with van der Waals surface area (Å²) in [5, 5.41) is 11.1. The summed E-state index contributed by atoms with van der Waals surface area (Å²) in [6, 6.07) is 6.87. The van der Waals surface area contributed by atoms with Gasteiger partial charge in [-0.3, -0.25) is 4.79 Å². The van der Waals surface area contributed by atoms with Gasteiger partial charge in [0.25, 0.3) is 0 Å². The van der Waals surface area contributed by atoms with Crippen molar-refractivity contribution in [1.82, 2.24) is 4.98 Å². The van der Waals surface area contributed by atoms with Gasteiger partial charge in [-0.2, -0.15) is 5.90 Å². The summed E-state index contributed by atoms with van der Waals surface area (Å²) >= 11 is 6.27. The monoisotopic (exact) mass is 487 g/mol. The largest absolute Gasteiger partial charge is 0.481 e. The number of halogens is 1. The Morgan fingerprint density at radius 1 is 1.41 bits per heavy atom. The number of rotatable bonds is 10. The van der Waals surface area contributed by atoms with Crippen LogP contribution in [0.15, 0.2) is 48.6 Å². The van der Waals surface area contributed by atoms with Gasteiger partial charge >= 0.3 is 5.97 Å². The smallest absolute Gasteiger partial charge is 0.310 e. The summed E-state index contributed by atoms with van der Waals surface area (Å²) in [6.07, 6.45) is 2.98. The first kappa shape index (κ1) is 26.8. The lowest BCUT2D eigenvalue weighted by atomic mass is 9.93. The number of pyridine rings is 1. The predicted molar refractivity (Wildman–Crippen MR) is 135 cm³/mol. The molecule has 0 radical (unpaired) electrons. The molecule has 1 aromatic heterocycles. The molecule has 0 atom stereocenters. The maximum atomic E-state index is 11.5. The van der Waals surface area contributed by atoms with E-state index >= 15 is 0 Å². The molecular formula is C24H30ClN5O4. The summed E-state index contributed by atoms with van der Waals surface area (Å²) in [6.45, 7) is 14.9. The minimum absolute atomic E-state index is 0.0347. The second kappa shape index (κ2) is 11.1. The number of carboxylic acids is 1. The van der Waals surface area contributed by atoms with Crippen molar-refractivity contribution in [2.45, 2.75) is 33.8 Å². The molecule has 9 nitrogen and oxygen atoms in total. The first-order chi connectivity index (χ1) is 15.9. The number of aliphatic carboxylic acids is 1. The fraction of sp³-hybridized carbons (Fsp3) is 0.292. The van der Waals surface area contributed by atoms with Gasteiger partial charge in [-0.05, 0) is 39.8 Å². The summed E-state index contributed by atoms with van der Waals surface area (Å²) in [4.78, 5) is 25.1. The number of nitrogens with zero attached hydrogens (tertiary/aromatic N) is 3. The number of aromatic nitrogens is 1. The van der Waals surface area contributed by atoms with Crippen LogP contribution in [0.3, 0.4) is 0 Å². The quantitative estimate of drug-likeness (QED) is 0.195. The second-order valence-corrected chi connectivity index (χ2v) is 8.83. The van der Waals surface area contributed by atoms with Crippen LogP contribution in [0.1, 0.15) is 44.4 Å². The van der Waals surface area contributed by atoms with Crippen molar-refractivity contribution in [1.29, 1.82) is 0 Å². The zero-order valence-corrected chi connectivity index (χ0v) is 20.5. The van der Waals surface area contributed by atoms with Crippen molar-refractivity contribution in [3.05, 3.63) is 65.3 Å². The number of benzene rings is 1. The highest BCUT2D eigenvalue weighted by Gasteiger charge is 2.30. The van der Waals surface area contributed by atoms with Gasteiger partial charge in [-0.25, -0.2) is 15.8 Å². The summed E-state index contributed by atoms with van der Waals surface area (Å²) < 4.78 is 5.54. The lowest BCUT2D eigenvalue weighted by Crippen LogP contribution is -2.43. The molecule has 0 bridgehead atoms. The average Bonchev–Trinajstić information content (AvgIpc) is 2.77. The van der Waals surface area contributed by atoms with E-state index in [1.165, 1.54) is 11.2 Å². The van der Waals surface area contributed by atoms with Gasteiger partial charge in [-0.15, -0.1) is 0 Å². The topological polar surface area (TPSA) is 136 Å². The zero-order chi connectivity index (χ0) is 25.6. The third-order valence-corrected chi connectivity index (χ3v) is 5.07. The van der Waals surface area contributed by atoms with Crippen molar-refractivity contribution in [3.8, 4) is 5.88 Å². The molecule has 0 fully saturated rings. The number of nitrogens with two attached hydrogens (primary N) is 2. The molecule has 5 N–H and O–H groups in total. The van der Waals surface area contributed by atoms with E-state index in [0.29, 0.717) is 28.1 Å². The number of carboxylic acid groups (broad SMARTS) is 1. The highest BCUT2D eigenvalue weighted by atomic mass is 35.5. The molecule has 2 rings (SSSR count). The Hall–Kier alpha value is -3.40. The zero-order valence-electron chi connectivity index (χ0n) is 19.7. The molecule has 0 unspecified atom stereocenters. The Labute approximate surface area is 204 Å². The van der Waals surface area contributed by atoms with Crippen LogP contribution >= 0.6 is 11.6 Å². The van der Waals surface area contributed by atoms with Crippen LogP contribution in [0.4, 0.5) is 5.69 Å². The van der Waals surface area contributed by atoms with E-state index in [-0.39, 0.29) is 29.4 Å². The van der Waals surface area contributed by atoms with E-state index in [1.54, 1.807) is 44.2 Å². The second-order valence-electron chi connectivity index (χ2n) is 8.42. The van der Waals surface area contributed by atoms with E-state index in [0.717, 1.165) is 0 Å². The fourth-order valence-electron chi connectivity index (χ4n) is 3.04. The average molecular weight is 488 g/mol.